The Bertz CT molecular complexity index is 476. The molecule has 1 amide bonds. The van der Waals surface area contributed by atoms with E-state index in [4.69, 9.17) is 5.11 Å². The molecule has 2 N–H and O–H groups in total. The van der Waals surface area contributed by atoms with Crippen LogP contribution in [0.25, 0.3) is 0 Å². The Kier molecular flexibility index (Phi) is 6.58. The highest BCUT2D eigenvalue weighted by Crippen LogP contribution is 2.15. The van der Waals surface area contributed by atoms with Gasteiger partial charge in [0.1, 0.15) is 5.75 Å². The predicted molar refractivity (Wildman–Crippen MR) is 71.4 cm³/mol. The minimum absolute atomic E-state index is 0.0172. The molecule has 21 heavy (non-hydrogen) atoms. The van der Waals surface area contributed by atoms with E-state index in [0.717, 1.165) is 0 Å². The second kappa shape index (κ2) is 8.18. The van der Waals surface area contributed by atoms with Crippen molar-refractivity contribution in [3.8, 4) is 5.75 Å². The van der Waals surface area contributed by atoms with Crippen LogP contribution in [0.15, 0.2) is 24.3 Å². The number of hydrogen-bond acceptors (Lipinski definition) is 3. The van der Waals surface area contributed by atoms with Crippen LogP contribution in [0.4, 0.5) is 8.78 Å². The van der Waals surface area contributed by atoms with Crippen molar-refractivity contribution in [1.29, 1.82) is 0 Å². The number of aliphatic carboxylic acids is 1. The number of carboxylic acids is 1. The third kappa shape index (κ3) is 6.69. The lowest BCUT2D eigenvalue weighted by Crippen LogP contribution is -2.28. The number of ether oxygens (including phenoxy) is 1. The fourth-order valence-corrected chi connectivity index (χ4v) is 1.63. The Hall–Kier alpha value is -2.18. The first-order valence-electron chi connectivity index (χ1n) is 6.43. The van der Waals surface area contributed by atoms with Gasteiger partial charge in [-0.05, 0) is 36.6 Å². The monoisotopic (exact) mass is 301 g/mol. The van der Waals surface area contributed by atoms with E-state index in [1.165, 1.54) is 24.3 Å². The van der Waals surface area contributed by atoms with E-state index >= 15 is 0 Å². The lowest BCUT2D eigenvalue weighted by atomic mass is 10.1. The molecule has 0 bridgehead atoms. The first-order valence-corrected chi connectivity index (χ1v) is 6.43. The summed E-state index contributed by atoms with van der Waals surface area (Å²) < 4.78 is 28.1. The van der Waals surface area contributed by atoms with Crippen molar-refractivity contribution in [2.24, 2.45) is 5.92 Å². The van der Waals surface area contributed by atoms with E-state index in [0.29, 0.717) is 18.5 Å². The third-order valence-electron chi connectivity index (χ3n) is 2.80. The van der Waals surface area contributed by atoms with E-state index in [-0.39, 0.29) is 24.0 Å². The Balaban J connectivity index is 2.43. The quantitative estimate of drug-likeness (QED) is 0.773. The highest BCUT2D eigenvalue weighted by molar-refractivity contribution is 5.94. The summed E-state index contributed by atoms with van der Waals surface area (Å²) in [6, 6.07) is 5.34. The first kappa shape index (κ1) is 16.9. The van der Waals surface area contributed by atoms with Crippen molar-refractivity contribution >= 4 is 11.9 Å². The van der Waals surface area contributed by atoms with Crippen molar-refractivity contribution in [3.63, 3.8) is 0 Å². The minimum atomic E-state index is -2.90. The average Bonchev–Trinajstić information content (AvgIpc) is 2.42. The molecule has 1 rings (SSSR count). The van der Waals surface area contributed by atoms with Gasteiger partial charge in [-0.25, -0.2) is 0 Å². The molecule has 0 saturated heterocycles. The topological polar surface area (TPSA) is 75.6 Å². The van der Waals surface area contributed by atoms with Crippen LogP contribution in [0.3, 0.4) is 0 Å². The van der Waals surface area contributed by atoms with Gasteiger partial charge in [-0.15, -0.1) is 0 Å². The Morgan fingerprint density at radius 1 is 1.29 bits per heavy atom. The van der Waals surface area contributed by atoms with Gasteiger partial charge < -0.3 is 15.2 Å². The van der Waals surface area contributed by atoms with E-state index in [1.54, 1.807) is 0 Å². The van der Waals surface area contributed by atoms with E-state index < -0.39 is 12.6 Å². The molecule has 0 aliphatic rings. The maximum atomic E-state index is 12.0. The molecule has 0 fully saturated rings. The van der Waals surface area contributed by atoms with Crippen LogP contribution >= 0.6 is 0 Å². The maximum Gasteiger partial charge on any atom is 0.387 e. The van der Waals surface area contributed by atoms with Gasteiger partial charge in [0.05, 0.1) is 0 Å². The second-order valence-corrected chi connectivity index (χ2v) is 4.65. The van der Waals surface area contributed by atoms with E-state index in [9.17, 15) is 18.4 Å². The molecular formula is C14H17F2NO4. The normalized spacial score (nSPS) is 12.0. The highest BCUT2D eigenvalue weighted by atomic mass is 19.3. The second-order valence-electron chi connectivity index (χ2n) is 4.65. The number of carbonyl (C=O) groups excluding carboxylic acids is 1. The molecule has 0 radical (unpaired) electrons. The standard InChI is InChI=1S/C14H17F2NO4/c1-9(2-7-12(18)19)8-17-13(20)10-3-5-11(6-4-10)21-14(15)16/h3-6,9,14H,2,7-8H2,1H3,(H,17,20)(H,18,19). The molecule has 5 nitrogen and oxygen atoms in total. The van der Waals surface area contributed by atoms with Gasteiger partial charge in [-0.2, -0.15) is 8.78 Å². The van der Waals surface area contributed by atoms with Gasteiger partial charge in [0.25, 0.3) is 5.91 Å². The van der Waals surface area contributed by atoms with Crippen LogP contribution in [-0.4, -0.2) is 30.1 Å². The smallest absolute Gasteiger partial charge is 0.387 e. The van der Waals surface area contributed by atoms with Gasteiger partial charge in [-0.3, -0.25) is 9.59 Å². The van der Waals surface area contributed by atoms with Crippen LogP contribution in [0.1, 0.15) is 30.1 Å². The first-order chi connectivity index (χ1) is 9.88. The van der Waals surface area contributed by atoms with Crippen molar-refractivity contribution in [2.45, 2.75) is 26.4 Å². The van der Waals surface area contributed by atoms with Crippen molar-refractivity contribution in [2.75, 3.05) is 6.54 Å². The van der Waals surface area contributed by atoms with Crippen LogP contribution in [0.2, 0.25) is 0 Å². The van der Waals surface area contributed by atoms with Gasteiger partial charge in [0.15, 0.2) is 0 Å². The number of hydrogen-bond donors (Lipinski definition) is 2. The molecule has 0 aromatic heterocycles. The maximum absolute atomic E-state index is 12.0. The number of carbonyl (C=O) groups is 2. The summed E-state index contributed by atoms with van der Waals surface area (Å²) in [5, 5.41) is 11.2. The molecule has 1 aromatic carbocycles. The lowest BCUT2D eigenvalue weighted by molar-refractivity contribution is -0.137. The number of rotatable bonds is 8. The van der Waals surface area contributed by atoms with Gasteiger partial charge in [0, 0.05) is 18.5 Å². The summed E-state index contributed by atoms with van der Waals surface area (Å²) in [6.45, 7) is -0.718. The molecule has 1 unspecified atom stereocenters. The molecule has 0 saturated carbocycles. The molecule has 7 heteroatoms. The molecular weight excluding hydrogens is 284 g/mol. The number of benzene rings is 1. The molecule has 1 atom stereocenters. The summed E-state index contributed by atoms with van der Waals surface area (Å²) in [5.74, 6) is -1.20. The molecule has 0 heterocycles. The van der Waals surface area contributed by atoms with Crippen molar-refractivity contribution < 1.29 is 28.2 Å². The zero-order valence-corrected chi connectivity index (χ0v) is 11.5. The highest BCUT2D eigenvalue weighted by Gasteiger charge is 2.10. The van der Waals surface area contributed by atoms with Gasteiger partial charge >= 0.3 is 12.6 Å². The van der Waals surface area contributed by atoms with Crippen molar-refractivity contribution in [1.82, 2.24) is 5.32 Å². The predicted octanol–water partition coefficient (Wildman–Crippen LogP) is 2.52. The third-order valence-corrected chi connectivity index (χ3v) is 2.80. The molecule has 0 aliphatic carbocycles. The number of halogens is 2. The summed E-state index contributed by atoms with van der Waals surface area (Å²) >= 11 is 0. The fourth-order valence-electron chi connectivity index (χ4n) is 1.63. The average molecular weight is 301 g/mol. The fraction of sp³-hybridized carbons (Fsp3) is 0.429. The Morgan fingerprint density at radius 2 is 1.90 bits per heavy atom. The van der Waals surface area contributed by atoms with E-state index in [2.05, 4.69) is 10.1 Å². The minimum Gasteiger partial charge on any atom is -0.481 e. The largest absolute Gasteiger partial charge is 0.481 e. The zero-order chi connectivity index (χ0) is 15.8. The Labute approximate surface area is 120 Å². The lowest BCUT2D eigenvalue weighted by Gasteiger charge is -2.11. The Morgan fingerprint density at radius 3 is 2.43 bits per heavy atom. The number of amides is 1. The summed E-state index contributed by atoms with van der Waals surface area (Å²) in [4.78, 5) is 22.2. The molecule has 0 aliphatic heterocycles. The number of carboxylic acid groups (broad SMARTS) is 1. The van der Waals surface area contributed by atoms with Crippen LogP contribution in [0, 0.1) is 5.92 Å². The van der Waals surface area contributed by atoms with Gasteiger partial charge in [-0.1, -0.05) is 6.92 Å². The van der Waals surface area contributed by atoms with Crippen LogP contribution < -0.4 is 10.1 Å². The summed E-state index contributed by atoms with van der Waals surface area (Å²) in [6.07, 6.45) is 0.521. The van der Waals surface area contributed by atoms with E-state index in [1.807, 2.05) is 6.92 Å². The number of alkyl halides is 2. The molecule has 116 valence electrons. The summed E-state index contributed by atoms with van der Waals surface area (Å²) in [7, 11) is 0. The van der Waals surface area contributed by atoms with Gasteiger partial charge in [0.2, 0.25) is 0 Å². The van der Waals surface area contributed by atoms with Crippen LogP contribution in [0.5, 0.6) is 5.75 Å². The number of nitrogens with one attached hydrogen (secondary N) is 1. The van der Waals surface area contributed by atoms with Crippen molar-refractivity contribution in [3.05, 3.63) is 29.8 Å². The zero-order valence-electron chi connectivity index (χ0n) is 11.5. The van der Waals surface area contributed by atoms with Crippen LogP contribution in [-0.2, 0) is 4.79 Å². The SMILES string of the molecule is CC(CCC(=O)O)CNC(=O)c1ccc(OC(F)F)cc1. The molecule has 0 spiro atoms. The molecule has 1 aromatic rings. The summed E-state index contributed by atoms with van der Waals surface area (Å²) in [5.41, 5.74) is 0.321.